The molecule has 4 heteroatoms. The Morgan fingerprint density at radius 2 is 2.00 bits per heavy atom. The third kappa shape index (κ3) is 2.70. The van der Waals surface area contributed by atoms with Crippen LogP contribution in [-0.2, 0) is 9.59 Å². The average molecular weight is 212 g/mol. The van der Waals surface area contributed by atoms with Gasteiger partial charge in [0.2, 0.25) is 11.8 Å². The van der Waals surface area contributed by atoms with Crippen molar-refractivity contribution in [3.05, 3.63) is 0 Å². The standard InChI is InChI=1S/C11H20N2O2/c1-7(2)12-11(15)9-5-6-10(14)13(9)8(3)4/h7-9H,5-6H2,1-4H3,(H,12,15). The Morgan fingerprint density at radius 3 is 2.47 bits per heavy atom. The van der Waals surface area contributed by atoms with Crippen LogP contribution in [0.5, 0.6) is 0 Å². The van der Waals surface area contributed by atoms with Crippen molar-refractivity contribution < 1.29 is 9.59 Å². The summed E-state index contributed by atoms with van der Waals surface area (Å²) in [4.78, 5) is 25.1. The molecule has 1 aliphatic rings. The Hall–Kier alpha value is -1.06. The molecule has 0 aromatic carbocycles. The number of hydrogen-bond acceptors (Lipinski definition) is 2. The van der Waals surface area contributed by atoms with Gasteiger partial charge in [-0.2, -0.15) is 0 Å². The lowest BCUT2D eigenvalue weighted by Gasteiger charge is -2.28. The summed E-state index contributed by atoms with van der Waals surface area (Å²) in [5.41, 5.74) is 0. The average Bonchev–Trinajstić information content (AvgIpc) is 2.45. The Bertz CT molecular complexity index is 261. The number of likely N-dealkylation sites (tertiary alicyclic amines) is 1. The molecule has 1 fully saturated rings. The van der Waals surface area contributed by atoms with Crippen LogP contribution in [0.1, 0.15) is 40.5 Å². The zero-order chi connectivity index (χ0) is 11.6. The summed E-state index contributed by atoms with van der Waals surface area (Å²) in [6, 6.07) is -0.0370. The Balaban J connectivity index is 2.69. The molecule has 15 heavy (non-hydrogen) atoms. The van der Waals surface area contributed by atoms with Crippen LogP contribution in [0.4, 0.5) is 0 Å². The van der Waals surface area contributed by atoms with Crippen LogP contribution < -0.4 is 5.32 Å². The number of hydrogen-bond donors (Lipinski definition) is 1. The molecule has 0 aromatic rings. The molecule has 1 rings (SSSR count). The molecule has 0 radical (unpaired) electrons. The summed E-state index contributed by atoms with van der Waals surface area (Å²) < 4.78 is 0. The van der Waals surface area contributed by atoms with E-state index in [9.17, 15) is 9.59 Å². The highest BCUT2D eigenvalue weighted by atomic mass is 16.2. The fourth-order valence-corrected chi connectivity index (χ4v) is 1.99. The van der Waals surface area contributed by atoms with Crippen LogP contribution >= 0.6 is 0 Å². The predicted octanol–water partition coefficient (Wildman–Crippen LogP) is 0.910. The van der Waals surface area contributed by atoms with Gasteiger partial charge >= 0.3 is 0 Å². The van der Waals surface area contributed by atoms with Gasteiger partial charge in [0, 0.05) is 18.5 Å². The number of carbonyl (C=O) groups excluding carboxylic acids is 2. The van der Waals surface area contributed by atoms with E-state index in [1.807, 2.05) is 27.7 Å². The molecule has 2 amide bonds. The first kappa shape index (κ1) is 12.0. The summed E-state index contributed by atoms with van der Waals surface area (Å²) in [6.07, 6.45) is 1.14. The van der Waals surface area contributed by atoms with Gasteiger partial charge in [0.1, 0.15) is 6.04 Å². The third-order valence-corrected chi connectivity index (χ3v) is 2.55. The quantitative estimate of drug-likeness (QED) is 0.756. The lowest BCUT2D eigenvalue weighted by Crippen LogP contribution is -2.49. The maximum absolute atomic E-state index is 11.8. The van der Waals surface area contributed by atoms with Gasteiger partial charge in [-0.1, -0.05) is 0 Å². The minimum Gasteiger partial charge on any atom is -0.352 e. The van der Waals surface area contributed by atoms with E-state index in [0.29, 0.717) is 12.8 Å². The van der Waals surface area contributed by atoms with Crippen molar-refractivity contribution >= 4 is 11.8 Å². The van der Waals surface area contributed by atoms with Crippen LogP contribution in [0.15, 0.2) is 0 Å². The molecule has 1 aliphatic heterocycles. The van der Waals surface area contributed by atoms with Crippen molar-refractivity contribution in [3.8, 4) is 0 Å². The molecular weight excluding hydrogens is 192 g/mol. The molecule has 1 saturated heterocycles. The van der Waals surface area contributed by atoms with E-state index in [-0.39, 0.29) is 29.9 Å². The predicted molar refractivity (Wildman–Crippen MR) is 58.3 cm³/mol. The van der Waals surface area contributed by atoms with Crippen molar-refractivity contribution in [2.75, 3.05) is 0 Å². The van der Waals surface area contributed by atoms with E-state index in [2.05, 4.69) is 5.32 Å². The highest BCUT2D eigenvalue weighted by Crippen LogP contribution is 2.21. The molecule has 1 heterocycles. The Morgan fingerprint density at radius 1 is 1.40 bits per heavy atom. The first-order valence-corrected chi connectivity index (χ1v) is 5.55. The molecule has 4 nitrogen and oxygen atoms in total. The fourth-order valence-electron chi connectivity index (χ4n) is 1.99. The van der Waals surface area contributed by atoms with E-state index in [0.717, 1.165) is 0 Å². The van der Waals surface area contributed by atoms with E-state index in [4.69, 9.17) is 0 Å². The van der Waals surface area contributed by atoms with Gasteiger partial charge in [0.05, 0.1) is 0 Å². The summed E-state index contributed by atoms with van der Waals surface area (Å²) in [5.74, 6) is 0.0680. The zero-order valence-electron chi connectivity index (χ0n) is 9.91. The second-order valence-corrected chi connectivity index (χ2v) is 4.61. The van der Waals surface area contributed by atoms with Gasteiger partial charge in [0.25, 0.3) is 0 Å². The normalized spacial score (nSPS) is 21.6. The van der Waals surface area contributed by atoms with Gasteiger partial charge in [-0.05, 0) is 34.1 Å². The zero-order valence-corrected chi connectivity index (χ0v) is 9.91. The fraction of sp³-hybridized carbons (Fsp3) is 0.818. The molecule has 1 N–H and O–H groups in total. The van der Waals surface area contributed by atoms with Crippen molar-refractivity contribution in [3.63, 3.8) is 0 Å². The van der Waals surface area contributed by atoms with Crippen LogP contribution in [0, 0.1) is 0 Å². The van der Waals surface area contributed by atoms with E-state index < -0.39 is 0 Å². The second kappa shape index (κ2) is 4.64. The van der Waals surface area contributed by atoms with Gasteiger partial charge in [-0.15, -0.1) is 0 Å². The summed E-state index contributed by atoms with van der Waals surface area (Å²) in [7, 11) is 0. The van der Waals surface area contributed by atoms with Crippen LogP contribution in [-0.4, -0.2) is 34.8 Å². The van der Waals surface area contributed by atoms with Gasteiger partial charge in [0.15, 0.2) is 0 Å². The monoisotopic (exact) mass is 212 g/mol. The van der Waals surface area contributed by atoms with Crippen LogP contribution in [0.3, 0.4) is 0 Å². The minimum absolute atomic E-state index is 0.0236. The topological polar surface area (TPSA) is 49.4 Å². The molecule has 1 atom stereocenters. The van der Waals surface area contributed by atoms with Crippen LogP contribution in [0.2, 0.25) is 0 Å². The molecule has 0 aromatic heterocycles. The van der Waals surface area contributed by atoms with Gasteiger partial charge < -0.3 is 10.2 Å². The first-order valence-electron chi connectivity index (χ1n) is 5.55. The highest BCUT2D eigenvalue weighted by molar-refractivity contribution is 5.91. The molecule has 0 aliphatic carbocycles. The van der Waals surface area contributed by atoms with Crippen molar-refractivity contribution in [1.82, 2.24) is 10.2 Å². The summed E-state index contributed by atoms with van der Waals surface area (Å²) in [5, 5.41) is 2.86. The van der Waals surface area contributed by atoms with Crippen LogP contribution in [0.25, 0.3) is 0 Å². The highest BCUT2D eigenvalue weighted by Gasteiger charge is 2.37. The van der Waals surface area contributed by atoms with E-state index in [1.165, 1.54) is 0 Å². The molecule has 86 valence electrons. The largest absolute Gasteiger partial charge is 0.352 e. The SMILES string of the molecule is CC(C)NC(=O)C1CCC(=O)N1C(C)C. The second-order valence-electron chi connectivity index (χ2n) is 4.61. The Labute approximate surface area is 91.0 Å². The molecule has 1 unspecified atom stereocenters. The number of amides is 2. The summed E-state index contributed by atoms with van der Waals surface area (Å²) in [6.45, 7) is 7.74. The number of nitrogens with zero attached hydrogens (tertiary/aromatic N) is 1. The smallest absolute Gasteiger partial charge is 0.243 e. The summed E-state index contributed by atoms with van der Waals surface area (Å²) >= 11 is 0. The van der Waals surface area contributed by atoms with Gasteiger partial charge in [-0.25, -0.2) is 0 Å². The van der Waals surface area contributed by atoms with E-state index in [1.54, 1.807) is 4.90 Å². The van der Waals surface area contributed by atoms with Crippen molar-refractivity contribution in [2.45, 2.75) is 58.7 Å². The van der Waals surface area contributed by atoms with Crippen molar-refractivity contribution in [1.29, 1.82) is 0 Å². The Kier molecular flexibility index (Phi) is 3.72. The maximum atomic E-state index is 11.8. The molecule has 0 bridgehead atoms. The number of carbonyl (C=O) groups is 2. The lowest BCUT2D eigenvalue weighted by molar-refractivity contribution is -0.137. The lowest BCUT2D eigenvalue weighted by atomic mass is 10.2. The maximum Gasteiger partial charge on any atom is 0.243 e. The molecule has 0 spiro atoms. The first-order chi connectivity index (χ1) is 6.93. The number of nitrogens with one attached hydrogen (secondary N) is 1. The minimum atomic E-state index is -0.264. The van der Waals surface area contributed by atoms with Gasteiger partial charge in [-0.3, -0.25) is 9.59 Å². The third-order valence-electron chi connectivity index (χ3n) is 2.55. The van der Waals surface area contributed by atoms with E-state index >= 15 is 0 Å². The molecular formula is C11H20N2O2. The number of rotatable bonds is 3. The molecule has 0 saturated carbocycles. The van der Waals surface area contributed by atoms with Crippen molar-refractivity contribution in [2.24, 2.45) is 0 Å².